The third-order valence-corrected chi connectivity index (χ3v) is 11.8. The second-order valence-electron chi connectivity index (χ2n) is 13.4. The Morgan fingerprint density at radius 3 is 2.36 bits per heavy atom. The number of fused-ring (bicyclic) bond motifs is 5. The fourth-order valence-corrected chi connectivity index (χ4v) is 9.85. The molecule has 0 spiro atoms. The second-order valence-corrected chi connectivity index (χ2v) is 13.4. The third kappa shape index (κ3) is 3.55. The van der Waals surface area contributed by atoms with Crippen molar-refractivity contribution < 1.29 is 14.7 Å². The van der Waals surface area contributed by atoms with Gasteiger partial charge in [-0.05, 0) is 110 Å². The summed E-state index contributed by atoms with van der Waals surface area (Å²) in [6.07, 6.45) is 11.5. The van der Waals surface area contributed by atoms with Crippen LogP contribution < -0.4 is 0 Å². The number of aldehydes is 1. The molecule has 0 unspecified atom stereocenters. The Hall–Kier alpha value is -1.22. The summed E-state index contributed by atoms with van der Waals surface area (Å²) in [7, 11) is 0. The molecule has 0 radical (unpaired) electrons. The van der Waals surface area contributed by atoms with E-state index >= 15 is 0 Å². The average Bonchev–Trinajstić information content (AvgIpc) is 3.09. The van der Waals surface area contributed by atoms with Gasteiger partial charge < -0.3 is 5.11 Å². The van der Waals surface area contributed by atoms with Crippen molar-refractivity contribution >= 4 is 12.1 Å². The lowest BCUT2D eigenvalue weighted by Gasteiger charge is -2.69. The molecule has 3 heteroatoms. The zero-order chi connectivity index (χ0) is 24.4. The predicted octanol–water partition coefficient (Wildman–Crippen LogP) is 6.69. The SMILES string of the molecule is C=C(C[C@H](O)/C=C(\C)C=O)[C@H]1CC[C@]2(C)[C@@H]1CC[C@@H]1[C@@]3(C)CCC(=O)C(C)(C)[C@@H]3CC[C@]12C. The van der Waals surface area contributed by atoms with E-state index < -0.39 is 6.10 Å². The number of hydrogen-bond acceptors (Lipinski definition) is 3. The average molecular weight is 455 g/mol. The molecule has 4 aliphatic carbocycles. The van der Waals surface area contributed by atoms with E-state index in [1.807, 2.05) is 0 Å². The topological polar surface area (TPSA) is 54.4 Å². The van der Waals surface area contributed by atoms with Gasteiger partial charge in [-0.25, -0.2) is 0 Å². The molecule has 3 nitrogen and oxygen atoms in total. The van der Waals surface area contributed by atoms with Gasteiger partial charge in [0.05, 0.1) is 6.10 Å². The van der Waals surface area contributed by atoms with Gasteiger partial charge in [-0.15, -0.1) is 0 Å². The summed E-state index contributed by atoms with van der Waals surface area (Å²) in [5.41, 5.74) is 2.38. The first-order chi connectivity index (χ1) is 15.3. The van der Waals surface area contributed by atoms with Crippen molar-refractivity contribution in [2.45, 2.75) is 105 Å². The van der Waals surface area contributed by atoms with Crippen molar-refractivity contribution in [3.63, 3.8) is 0 Å². The van der Waals surface area contributed by atoms with Crippen molar-refractivity contribution in [3.8, 4) is 0 Å². The van der Waals surface area contributed by atoms with Gasteiger partial charge in [0.1, 0.15) is 12.1 Å². The van der Waals surface area contributed by atoms with Gasteiger partial charge >= 0.3 is 0 Å². The van der Waals surface area contributed by atoms with Crippen LogP contribution in [-0.4, -0.2) is 23.3 Å². The number of hydrogen-bond donors (Lipinski definition) is 1. The quantitative estimate of drug-likeness (QED) is 0.286. The number of aliphatic hydroxyl groups excluding tert-OH is 1. The van der Waals surface area contributed by atoms with Crippen LogP contribution in [-0.2, 0) is 9.59 Å². The Bertz CT molecular complexity index is 868. The predicted molar refractivity (Wildman–Crippen MR) is 134 cm³/mol. The first kappa shape index (κ1) is 24.9. The summed E-state index contributed by atoms with van der Waals surface area (Å²) in [5, 5.41) is 10.5. The minimum Gasteiger partial charge on any atom is -0.389 e. The molecule has 184 valence electrons. The van der Waals surface area contributed by atoms with Gasteiger partial charge in [0.15, 0.2) is 0 Å². The lowest BCUT2D eigenvalue weighted by molar-refractivity contribution is -0.201. The van der Waals surface area contributed by atoms with Crippen molar-refractivity contribution in [1.29, 1.82) is 0 Å². The summed E-state index contributed by atoms with van der Waals surface area (Å²) < 4.78 is 0. The number of aliphatic hydroxyl groups is 1. The van der Waals surface area contributed by atoms with Crippen LogP contribution in [0, 0.1) is 45.3 Å². The van der Waals surface area contributed by atoms with Crippen LogP contribution >= 0.6 is 0 Å². The largest absolute Gasteiger partial charge is 0.389 e. The fraction of sp³-hybridized carbons (Fsp3) is 0.800. The maximum Gasteiger partial charge on any atom is 0.145 e. The number of carbonyl (C=O) groups is 2. The molecule has 1 N–H and O–H groups in total. The Labute approximate surface area is 201 Å². The van der Waals surface area contributed by atoms with Gasteiger partial charge in [-0.3, -0.25) is 9.59 Å². The van der Waals surface area contributed by atoms with Gasteiger partial charge in [0.25, 0.3) is 0 Å². The van der Waals surface area contributed by atoms with Gasteiger partial charge in [0, 0.05) is 11.8 Å². The third-order valence-electron chi connectivity index (χ3n) is 11.8. The van der Waals surface area contributed by atoms with Crippen LogP contribution in [0.3, 0.4) is 0 Å². The smallest absolute Gasteiger partial charge is 0.145 e. The van der Waals surface area contributed by atoms with Crippen molar-refractivity contribution in [2.24, 2.45) is 45.3 Å². The fourth-order valence-electron chi connectivity index (χ4n) is 9.85. The minimum atomic E-state index is -0.627. The van der Waals surface area contributed by atoms with Crippen LogP contribution in [0.25, 0.3) is 0 Å². The van der Waals surface area contributed by atoms with E-state index in [4.69, 9.17) is 0 Å². The van der Waals surface area contributed by atoms with Gasteiger partial charge in [-0.2, -0.15) is 0 Å². The van der Waals surface area contributed by atoms with Crippen LogP contribution in [0.2, 0.25) is 0 Å². The summed E-state index contributed by atoms with van der Waals surface area (Å²) in [6, 6.07) is 0. The number of rotatable bonds is 5. The molecule has 33 heavy (non-hydrogen) atoms. The monoisotopic (exact) mass is 454 g/mol. The molecular formula is C30H46O3. The highest BCUT2D eigenvalue weighted by Crippen LogP contribution is 2.75. The molecule has 0 aromatic carbocycles. The highest BCUT2D eigenvalue weighted by Gasteiger charge is 2.68. The zero-order valence-electron chi connectivity index (χ0n) is 21.9. The zero-order valence-corrected chi connectivity index (χ0v) is 21.9. The minimum absolute atomic E-state index is 0.193. The summed E-state index contributed by atoms with van der Waals surface area (Å²) in [6.45, 7) is 18.3. The molecule has 8 atom stereocenters. The molecule has 4 aliphatic rings. The number of allylic oxidation sites excluding steroid dienone is 1. The summed E-state index contributed by atoms with van der Waals surface area (Å²) in [5.74, 6) is 2.73. The van der Waals surface area contributed by atoms with E-state index in [1.54, 1.807) is 13.0 Å². The molecule has 4 fully saturated rings. The van der Waals surface area contributed by atoms with Crippen LogP contribution in [0.4, 0.5) is 0 Å². The molecular weight excluding hydrogens is 408 g/mol. The summed E-state index contributed by atoms with van der Waals surface area (Å²) in [4.78, 5) is 23.8. The highest BCUT2D eigenvalue weighted by molar-refractivity contribution is 5.85. The molecule has 0 aromatic rings. The number of Topliss-reactive ketones (excluding diaryl/α,β-unsaturated/α-hetero) is 1. The number of ketones is 1. The van der Waals surface area contributed by atoms with Crippen molar-refractivity contribution in [2.75, 3.05) is 0 Å². The van der Waals surface area contributed by atoms with Crippen LogP contribution in [0.15, 0.2) is 23.8 Å². The molecule has 0 aromatic heterocycles. The Kier molecular flexibility index (Phi) is 6.17. The van der Waals surface area contributed by atoms with E-state index in [0.717, 1.165) is 31.1 Å². The molecule has 0 saturated heterocycles. The highest BCUT2D eigenvalue weighted by atomic mass is 16.3. The van der Waals surface area contributed by atoms with Gasteiger partial charge in [-0.1, -0.05) is 46.8 Å². The Balaban J connectivity index is 1.58. The maximum absolute atomic E-state index is 12.8. The van der Waals surface area contributed by atoms with Crippen LogP contribution in [0.1, 0.15) is 99.3 Å². The molecule has 0 bridgehead atoms. The maximum atomic E-state index is 12.8. The Morgan fingerprint density at radius 1 is 1.03 bits per heavy atom. The second kappa shape index (κ2) is 8.18. The van der Waals surface area contributed by atoms with Crippen molar-refractivity contribution in [3.05, 3.63) is 23.8 Å². The standard InChI is InChI=1S/C30H46O3/c1-19(18-31)16-21(32)17-20(2)22-10-14-29(6)23(22)8-9-25-28(5)13-12-26(33)27(3,4)24(28)11-15-30(25,29)7/h16,18,21-25,32H,2,8-15,17H2,1,3-7H3/b19-16+/t21-,22-,23-,24+,25-,28+,29-,30-/m1/s1. The molecule has 0 amide bonds. The number of carbonyl (C=O) groups excluding carboxylic acids is 2. The first-order valence-electron chi connectivity index (χ1n) is 13.3. The lowest BCUT2D eigenvalue weighted by atomic mass is 9.35. The molecule has 0 aliphatic heterocycles. The van der Waals surface area contributed by atoms with Crippen LogP contribution in [0.5, 0.6) is 0 Å². The molecule has 4 rings (SSSR count). The van der Waals surface area contributed by atoms with E-state index in [9.17, 15) is 14.7 Å². The lowest BCUT2D eigenvalue weighted by Crippen LogP contribution is -2.63. The first-order valence-corrected chi connectivity index (χ1v) is 13.3. The normalized spacial score (nSPS) is 45.5. The van der Waals surface area contributed by atoms with E-state index in [1.165, 1.54) is 32.1 Å². The van der Waals surface area contributed by atoms with E-state index in [-0.39, 0.29) is 16.2 Å². The Morgan fingerprint density at radius 2 is 1.70 bits per heavy atom. The van der Waals surface area contributed by atoms with E-state index in [2.05, 4.69) is 41.2 Å². The van der Waals surface area contributed by atoms with Gasteiger partial charge in [0.2, 0.25) is 0 Å². The van der Waals surface area contributed by atoms with E-state index in [0.29, 0.717) is 46.9 Å². The molecule has 0 heterocycles. The van der Waals surface area contributed by atoms with Crippen molar-refractivity contribution in [1.82, 2.24) is 0 Å². The molecule has 4 saturated carbocycles. The summed E-state index contributed by atoms with van der Waals surface area (Å²) >= 11 is 0.